The molecule has 1 aliphatic heterocycles. The SMILES string of the molecule is CCCCC1NC(=O)N(Cc2nc(C(F)(F)F)nn2C)C1=O. The topological polar surface area (TPSA) is 80.1 Å². The van der Waals surface area contributed by atoms with E-state index in [1.807, 2.05) is 6.92 Å². The van der Waals surface area contributed by atoms with E-state index < -0.39 is 30.0 Å². The summed E-state index contributed by atoms with van der Waals surface area (Å²) < 4.78 is 38.6. The molecule has 0 saturated carbocycles. The van der Waals surface area contributed by atoms with Gasteiger partial charge in [-0.2, -0.15) is 13.2 Å². The minimum Gasteiger partial charge on any atom is -0.326 e. The van der Waals surface area contributed by atoms with Crippen LogP contribution in [0.25, 0.3) is 0 Å². The van der Waals surface area contributed by atoms with Crippen LogP contribution in [-0.4, -0.2) is 37.6 Å². The van der Waals surface area contributed by atoms with Crippen LogP contribution in [0.1, 0.15) is 37.8 Å². The van der Waals surface area contributed by atoms with Gasteiger partial charge >= 0.3 is 12.2 Å². The first-order chi connectivity index (χ1) is 10.2. The summed E-state index contributed by atoms with van der Waals surface area (Å²) in [5, 5.41) is 5.78. The summed E-state index contributed by atoms with van der Waals surface area (Å²) in [4.78, 5) is 28.1. The van der Waals surface area contributed by atoms with Crippen LogP contribution in [0.5, 0.6) is 0 Å². The van der Waals surface area contributed by atoms with Crippen molar-refractivity contribution in [2.45, 2.75) is 44.9 Å². The van der Waals surface area contributed by atoms with E-state index in [9.17, 15) is 22.8 Å². The van der Waals surface area contributed by atoms with E-state index in [4.69, 9.17) is 0 Å². The van der Waals surface area contributed by atoms with Gasteiger partial charge in [-0.25, -0.2) is 9.78 Å². The van der Waals surface area contributed by atoms with Crippen LogP contribution in [-0.2, 0) is 24.6 Å². The second-order valence-corrected chi connectivity index (χ2v) is 5.04. The maximum Gasteiger partial charge on any atom is 0.453 e. The highest BCUT2D eigenvalue weighted by atomic mass is 19.4. The predicted octanol–water partition coefficient (Wildman–Crippen LogP) is 1.44. The molecule has 2 rings (SSSR count). The average Bonchev–Trinajstić information content (AvgIpc) is 2.92. The van der Waals surface area contributed by atoms with Crippen molar-refractivity contribution in [1.82, 2.24) is 25.0 Å². The summed E-state index contributed by atoms with van der Waals surface area (Å²) >= 11 is 0. The molecular formula is C12H16F3N5O2. The zero-order valence-electron chi connectivity index (χ0n) is 12.1. The third kappa shape index (κ3) is 3.20. The molecule has 10 heteroatoms. The van der Waals surface area contributed by atoms with Crippen molar-refractivity contribution in [2.24, 2.45) is 7.05 Å². The van der Waals surface area contributed by atoms with Crippen molar-refractivity contribution >= 4 is 11.9 Å². The first-order valence-corrected chi connectivity index (χ1v) is 6.83. The number of aromatic nitrogens is 3. The summed E-state index contributed by atoms with van der Waals surface area (Å²) in [5.74, 6) is -1.85. The highest BCUT2D eigenvalue weighted by Crippen LogP contribution is 2.26. The van der Waals surface area contributed by atoms with Gasteiger partial charge in [-0.3, -0.25) is 14.4 Å². The molecule has 0 bridgehead atoms. The Bertz CT molecular complexity index is 584. The molecule has 1 unspecified atom stereocenters. The molecule has 0 spiro atoms. The van der Waals surface area contributed by atoms with E-state index in [1.54, 1.807) is 0 Å². The molecule has 2 heterocycles. The van der Waals surface area contributed by atoms with Gasteiger partial charge < -0.3 is 5.32 Å². The van der Waals surface area contributed by atoms with E-state index >= 15 is 0 Å². The lowest BCUT2D eigenvalue weighted by molar-refractivity contribution is -0.145. The standard InChI is InChI=1S/C12H16F3N5O2/c1-3-4-5-7-9(21)20(11(22)16-7)6-8-17-10(12(13,14)15)18-19(8)2/h7H,3-6H2,1-2H3,(H,16,22). The molecule has 22 heavy (non-hydrogen) atoms. The van der Waals surface area contributed by atoms with Crippen molar-refractivity contribution in [2.75, 3.05) is 0 Å². The Morgan fingerprint density at radius 1 is 1.32 bits per heavy atom. The Morgan fingerprint density at radius 3 is 2.55 bits per heavy atom. The van der Waals surface area contributed by atoms with Gasteiger partial charge in [0.2, 0.25) is 0 Å². The number of hydrogen-bond acceptors (Lipinski definition) is 4. The predicted molar refractivity (Wildman–Crippen MR) is 68.4 cm³/mol. The Balaban J connectivity index is 2.12. The van der Waals surface area contributed by atoms with Gasteiger partial charge in [0.15, 0.2) is 0 Å². The van der Waals surface area contributed by atoms with Crippen LogP contribution in [0.15, 0.2) is 0 Å². The zero-order valence-corrected chi connectivity index (χ0v) is 12.1. The molecule has 122 valence electrons. The number of halogens is 3. The van der Waals surface area contributed by atoms with E-state index in [1.165, 1.54) is 7.05 Å². The van der Waals surface area contributed by atoms with Crippen molar-refractivity contribution in [3.05, 3.63) is 11.6 Å². The Hall–Kier alpha value is -2.13. The van der Waals surface area contributed by atoms with Gasteiger partial charge in [-0.1, -0.05) is 19.8 Å². The maximum atomic E-state index is 12.6. The largest absolute Gasteiger partial charge is 0.453 e. The molecule has 0 aromatic carbocycles. The van der Waals surface area contributed by atoms with E-state index in [0.29, 0.717) is 6.42 Å². The van der Waals surface area contributed by atoms with Gasteiger partial charge in [0.25, 0.3) is 11.7 Å². The van der Waals surface area contributed by atoms with Gasteiger partial charge in [0, 0.05) is 7.05 Å². The molecule has 0 radical (unpaired) electrons. The number of alkyl halides is 3. The van der Waals surface area contributed by atoms with Crippen molar-refractivity contribution < 1.29 is 22.8 Å². The number of carbonyl (C=O) groups excluding carboxylic acids is 2. The molecule has 3 amide bonds. The minimum absolute atomic E-state index is 0.105. The highest BCUT2D eigenvalue weighted by Gasteiger charge is 2.40. The number of imide groups is 1. The molecule has 1 aromatic heterocycles. The molecule has 1 N–H and O–H groups in total. The molecule has 1 aliphatic rings. The van der Waals surface area contributed by atoms with Crippen LogP contribution >= 0.6 is 0 Å². The summed E-state index contributed by atoms with van der Waals surface area (Å²) in [6.07, 6.45) is -2.52. The monoisotopic (exact) mass is 319 g/mol. The Kier molecular flexibility index (Phi) is 4.38. The van der Waals surface area contributed by atoms with Crippen molar-refractivity contribution in [1.29, 1.82) is 0 Å². The average molecular weight is 319 g/mol. The molecular weight excluding hydrogens is 303 g/mol. The second-order valence-electron chi connectivity index (χ2n) is 5.04. The minimum atomic E-state index is -4.67. The van der Waals surface area contributed by atoms with Gasteiger partial charge in [-0.05, 0) is 6.42 Å². The van der Waals surface area contributed by atoms with E-state index in [2.05, 4.69) is 15.4 Å². The van der Waals surface area contributed by atoms with E-state index in [-0.39, 0.29) is 12.4 Å². The molecule has 0 aliphatic carbocycles. The number of nitrogens with one attached hydrogen (secondary N) is 1. The Morgan fingerprint density at radius 2 is 2.00 bits per heavy atom. The van der Waals surface area contributed by atoms with Crippen LogP contribution in [0.3, 0.4) is 0 Å². The molecule has 1 atom stereocenters. The fourth-order valence-electron chi connectivity index (χ4n) is 2.15. The third-order valence-corrected chi connectivity index (χ3v) is 3.36. The lowest BCUT2D eigenvalue weighted by Gasteiger charge is -2.11. The van der Waals surface area contributed by atoms with Crippen LogP contribution in [0, 0.1) is 0 Å². The quantitative estimate of drug-likeness (QED) is 0.833. The number of rotatable bonds is 5. The van der Waals surface area contributed by atoms with Gasteiger partial charge in [0.05, 0.1) is 6.54 Å². The van der Waals surface area contributed by atoms with Crippen LogP contribution < -0.4 is 5.32 Å². The summed E-state index contributed by atoms with van der Waals surface area (Å²) in [6, 6.07) is -1.24. The number of amides is 3. The Labute approximate surface area is 124 Å². The summed E-state index contributed by atoms with van der Waals surface area (Å²) in [6.45, 7) is 1.62. The number of hydrogen-bond donors (Lipinski definition) is 1. The highest BCUT2D eigenvalue weighted by molar-refractivity contribution is 6.04. The smallest absolute Gasteiger partial charge is 0.326 e. The number of nitrogens with zero attached hydrogens (tertiary/aromatic N) is 4. The molecule has 1 aromatic rings. The first kappa shape index (κ1) is 16.2. The third-order valence-electron chi connectivity index (χ3n) is 3.36. The summed E-state index contributed by atoms with van der Waals surface area (Å²) in [7, 11) is 1.28. The fraction of sp³-hybridized carbons (Fsp3) is 0.667. The van der Waals surface area contributed by atoms with Gasteiger partial charge in [0.1, 0.15) is 11.9 Å². The molecule has 1 fully saturated rings. The molecule has 7 nitrogen and oxygen atoms in total. The van der Waals surface area contributed by atoms with E-state index in [0.717, 1.165) is 22.4 Å². The van der Waals surface area contributed by atoms with Crippen molar-refractivity contribution in [3.8, 4) is 0 Å². The number of urea groups is 1. The zero-order chi connectivity index (χ0) is 16.5. The van der Waals surface area contributed by atoms with Gasteiger partial charge in [-0.15, -0.1) is 5.10 Å². The maximum absolute atomic E-state index is 12.6. The molecule has 1 saturated heterocycles. The number of unbranched alkanes of at least 4 members (excludes halogenated alkanes) is 1. The number of carbonyl (C=O) groups is 2. The van der Waals surface area contributed by atoms with Crippen LogP contribution in [0.4, 0.5) is 18.0 Å². The summed E-state index contributed by atoms with van der Waals surface area (Å²) in [5.41, 5.74) is 0. The second kappa shape index (κ2) is 5.93. The van der Waals surface area contributed by atoms with Crippen molar-refractivity contribution in [3.63, 3.8) is 0 Å². The van der Waals surface area contributed by atoms with Crippen LogP contribution in [0.2, 0.25) is 0 Å². The fourth-order valence-corrected chi connectivity index (χ4v) is 2.15. The first-order valence-electron chi connectivity index (χ1n) is 6.83. The number of aryl methyl sites for hydroxylation is 1. The lowest BCUT2D eigenvalue weighted by Crippen LogP contribution is -2.32. The lowest BCUT2D eigenvalue weighted by atomic mass is 10.1. The normalized spacial score (nSPS) is 19.0.